The topological polar surface area (TPSA) is 373 Å². The van der Waals surface area contributed by atoms with Gasteiger partial charge in [-0.1, -0.05) is 75.1 Å². The van der Waals surface area contributed by atoms with Gasteiger partial charge in [-0.3, -0.25) is 9.97 Å². The second kappa shape index (κ2) is 33.0. The number of aliphatic hydroxyl groups excluding tert-OH is 2. The van der Waals surface area contributed by atoms with Crippen molar-refractivity contribution in [3.63, 3.8) is 0 Å². The Morgan fingerprint density at radius 3 is 1.36 bits per heavy atom. The number of hydrogen-bond acceptors (Lipinski definition) is 24. The third kappa shape index (κ3) is 15.0. The van der Waals surface area contributed by atoms with Crippen molar-refractivity contribution in [2.75, 3.05) is 41.7 Å². The van der Waals surface area contributed by atoms with Crippen LogP contribution in [0.5, 0.6) is 17.2 Å². The van der Waals surface area contributed by atoms with Crippen LogP contribution in [-0.4, -0.2) is 163 Å². The summed E-state index contributed by atoms with van der Waals surface area (Å²) in [5, 5.41) is 56.3. The van der Waals surface area contributed by atoms with E-state index in [0.717, 1.165) is 141 Å². The molecular formula is C74H71AlBCl2LiN14O13. The number of rotatable bonds is 11. The number of fused-ring (bicyclic) bond motifs is 11. The second-order valence-electron chi connectivity index (χ2n) is 24.0. The molecule has 12 heterocycles. The number of carbonyl (C=O) groups is 1. The van der Waals surface area contributed by atoms with E-state index in [1.54, 1.807) is 39.8 Å². The van der Waals surface area contributed by atoms with Crippen LogP contribution in [0.1, 0.15) is 70.9 Å². The first-order valence-corrected chi connectivity index (χ1v) is 33.4. The van der Waals surface area contributed by atoms with Crippen molar-refractivity contribution in [2.24, 2.45) is 0 Å². The summed E-state index contributed by atoms with van der Waals surface area (Å²) in [6, 6.07) is 30.5. The number of methoxy groups -OCH3 is 4. The van der Waals surface area contributed by atoms with Gasteiger partial charge in [0.2, 0.25) is 5.82 Å². The van der Waals surface area contributed by atoms with E-state index >= 15 is 0 Å². The molecule has 7 N–H and O–H groups in total. The molecule has 17 rings (SSSR count). The molecule has 1 aliphatic heterocycles. The van der Waals surface area contributed by atoms with Crippen LogP contribution in [0.3, 0.4) is 0 Å². The fourth-order valence-electron chi connectivity index (χ4n) is 12.8. The molecule has 32 heteroatoms. The monoisotopic (exact) mass is 1480 g/mol. The molecule has 27 nitrogen and oxygen atoms in total. The van der Waals surface area contributed by atoms with Gasteiger partial charge < -0.3 is 73.9 Å². The van der Waals surface area contributed by atoms with E-state index < -0.39 is 13.1 Å². The molecule has 0 aliphatic carbocycles. The molecule has 16 aromatic rings. The average Bonchev–Trinajstić information content (AvgIpc) is 1.62. The minimum Gasteiger partial charge on any atom is -1.00 e. The molecule has 1 saturated heterocycles. The minimum atomic E-state index is -1.44. The SMILES string of the molecule is C1CCOC1.COC(=O)c1nc(Cl)c2c(n1)[nH]c1cc(-c3c(C)noc3C)c(OC)cc12.COc1cc2c(cc1-c1c(C)noc1C)[nH]c1nc(CO)nc(-c3ccnc4ccccc34)c12.COc1cc2c(cc1-c1c(C)noc1C)[nH]c1nc(CO)nc(Cl)c12.OB(O)c1ccnc2ccccc12.[AlH3].[H-].[Li+]. The Hall–Kier alpha value is -10.4. The van der Waals surface area contributed by atoms with Crippen LogP contribution in [0.4, 0.5) is 0 Å². The van der Waals surface area contributed by atoms with Crippen LogP contribution in [-0.2, 0) is 22.7 Å². The molecule has 1 fully saturated rings. The van der Waals surface area contributed by atoms with E-state index in [4.69, 9.17) is 70.8 Å². The molecule has 5 aromatic carbocycles. The van der Waals surface area contributed by atoms with E-state index in [1.165, 1.54) is 20.0 Å². The molecule has 106 heavy (non-hydrogen) atoms. The van der Waals surface area contributed by atoms with Crippen molar-refractivity contribution in [3.05, 3.63) is 172 Å². The molecule has 536 valence electrons. The first-order valence-electron chi connectivity index (χ1n) is 32.6. The van der Waals surface area contributed by atoms with Gasteiger partial charge in [-0.05, 0) is 126 Å². The molecule has 1 aliphatic rings. The number of aromatic amines is 3. The molecule has 0 bridgehead atoms. The largest absolute Gasteiger partial charge is 1.00 e. The Kier molecular flexibility index (Phi) is 23.9. The minimum absolute atomic E-state index is 0. The number of aliphatic hydroxyl groups is 2. The summed E-state index contributed by atoms with van der Waals surface area (Å²) >= 11 is 12.6. The van der Waals surface area contributed by atoms with Crippen LogP contribution < -0.4 is 38.5 Å². The van der Waals surface area contributed by atoms with E-state index in [-0.39, 0.29) is 72.8 Å². The molecule has 0 amide bonds. The number of hydrogen-bond donors (Lipinski definition) is 7. The third-order valence-electron chi connectivity index (χ3n) is 17.6. The maximum atomic E-state index is 11.8. The van der Waals surface area contributed by atoms with Gasteiger partial charge in [0.05, 0.1) is 95.1 Å². The van der Waals surface area contributed by atoms with Gasteiger partial charge in [0, 0.05) is 86.0 Å². The maximum absolute atomic E-state index is 11.8. The van der Waals surface area contributed by atoms with Gasteiger partial charge in [0.15, 0.2) is 29.0 Å². The van der Waals surface area contributed by atoms with Gasteiger partial charge in [-0.2, -0.15) is 0 Å². The summed E-state index contributed by atoms with van der Waals surface area (Å²) in [6.07, 6.45) is 5.90. The summed E-state index contributed by atoms with van der Waals surface area (Å²) < 4.78 is 42.5. The number of esters is 1. The summed E-state index contributed by atoms with van der Waals surface area (Å²) in [6.45, 7) is 12.7. The smallest absolute Gasteiger partial charge is 1.00 e. The molecule has 0 unspecified atom stereocenters. The van der Waals surface area contributed by atoms with Crippen molar-refractivity contribution in [1.29, 1.82) is 0 Å². The molecular weight excluding hydrogens is 1410 g/mol. The Morgan fingerprint density at radius 1 is 0.519 bits per heavy atom. The number of benzene rings is 5. The van der Waals surface area contributed by atoms with Gasteiger partial charge in [0.1, 0.15) is 75.0 Å². The number of ether oxygens (including phenoxy) is 5. The molecule has 11 aromatic heterocycles. The quantitative estimate of drug-likeness (QED) is 0.0360. The zero-order valence-corrected chi connectivity index (χ0v) is 60.4. The van der Waals surface area contributed by atoms with Gasteiger partial charge in [-0.25, -0.2) is 34.7 Å². The first-order chi connectivity index (χ1) is 50.3. The number of nitrogens with one attached hydrogen (secondary N) is 3. The second-order valence-corrected chi connectivity index (χ2v) is 24.7. The number of pyridine rings is 2. The Labute approximate surface area is 638 Å². The van der Waals surface area contributed by atoms with E-state index in [2.05, 4.69) is 70.0 Å². The normalized spacial score (nSPS) is 11.7. The molecule has 0 radical (unpaired) electrons. The first kappa shape index (κ1) is 76.8. The summed E-state index contributed by atoms with van der Waals surface area (Å²) in [4.78, 5) is 56.2. The predicted octanol–water partition coefficient (Wildman–Crippen LogP) is 9.11. The zero-order chi connectivity index (χ0) is 73.2. The molecule has 0 spiro atoms. The Morgan fingerprint density at radius 2 is 0.934 bits per heavy atom. The van der Waals surface area contributed by atoms with Gasteiger partial charge in [0.25, 0.3) is 0 Å². The van der Waals surface area contributed by atoms with E-state index in [9.17, 15) is 15.0 Å². The Balaban J connectivity index is 0.000000153. The van der Waals surface area contributed by atoms with Crippen molar-refractivity contribution < 1.29 is 82.6 Å². The molecule has 0 atom stereocenters. The summed E-state index contributed by atoms with van der Waals surface area (Å²) in [5.41, 5.74) is 15.4. The number of aromatic nitrogens is 14. The van der Waals surface area contributed by atoms with Crippen LogP contribution in [0.25, 0.3) is 132 Å². The average molecular weight is 1480 g/mol. The number of halogens is 2. The number of carbonyl (C=O) groups excluding carboxylic acids is 1. The summed E-state index contributed by atoms with van der Waals surface area (Å²) in [5.74, 6) is 3.95. The fourth-order valence-corrected chi connectivity index (χ4v) is 13.4. The van der Waals surface area contributed by atoms with Crippen molar-refractivity contribution in [1.82, 2.24) is 70.3 Å². The van der Waals surface area contributed by atoms with Gasteiger partial charge in [-0.15, -0.1) is 0 Å². The number of nitrogens with zero attached hydrogens (tertiary/aromatic N) is 11. The third-order valence-corrected chi connectivity index (χ3v) is 18.1. The van der Waals surface area contributed by atoms with E-state index in [1.807, 2.05) is 133 Å². The van der Waals surface area contributed by atoms with E-state index in [0.29, 0.717) is 67.8 Å². The summed E-state index contributed by atoms with van der Waals surface area (Å²) in [7, 11) is 4.67. The fraction of sp³-hybridized carbons (Fsp3) is 0.216. The Bertz CT molecular complexity index is 5880. The van der Waals surface area contributed by atoms with Crippen molar-refractivity contribution >= 4 is 147 Å². The predicted molar refractivity (Wildman–Crippen MR) is 405 cm³/mol. The van der Waals surface area contributed by atoms with Crippen LogP contribution in [0.2, 0.25) is 10.3 Å². The zero-order valence-electron chi connectivity index (χ0n) is 59.9. The number of H-pyrrole nitrogens is 3. The number of aryl methyl sites for hydroxylation is 6. The maximum Gasteiger partial charge on any atom is 1.00 e. The standard InChI is InChI=1S/C26H21N5O3.C18H15ClN4O4.C17H15ClN4O3.C9H8BNO2.C4H8O.Al.Li.4H/c1-13-23(14(2)34-31-13)18-10-20-17(11-21(18)33-3)24-25(29-22(12-32)30-26(24)28-20)16-8-9-27-19-7-5-4-6-15(16)19;1-7-13(8(2)27-23-7)10-5-11-9(6-12(10)25-3)14-15(19)21-17(18(24)26-4)22-16(14)20-11;1-7-14(8(2)25-22-7)10-4-11-9(5-12(10)24-3)15-16(18)20-13(6-23)21-17(15)19-11;12-10(13)8-5-6-11-9-4-2-1-3-7(8)9;1-2-4-5-3-1;;;;;;/h4-11,32H,12H2,1-3H3,(H,28,29,30);5-6H,1-4H3,(H,20,21,22);4-5,23H,6H2,1-3H3,(H,19,20,21);1-6,12-13H;1-4H2;;;;;;/q;;;;;;+1;;;;-1. The van der Waals surface area contributed by atoms with Gasteiger partial charge >= 0.3 is 31.9 Å². The van der Waals surface area contributed by atoms with Crippen molar-refractivity contribution in [2.45, 2.75) is 67.6 Å². The van der Waals surface area contributed by atoms with Crippen LogP contribution in [0, 0.1) is 41.5 Å². The van der Waals surface area contributed by atoms with Crippen molar-refractivity contribution in [3.8, 4) is 61.9 Å². The number of para-hydroxylation sites is 2. The van der Waals surface area contributed by atoms with Crippen LogP contribution >= 0.6 is 23.2 Å². The molecule has 0 saturated carbocycles. The van der Waals surface area contributed by atoms with Crippen LogP contribution in [0.15, 0.2) is 123 Å².